The number of aromatic nitrogens is 3. The summed E-state index contributed by atoms with van der Waals surface area (Å²) in [6.45, 7) is -0.621. The summed E-state index contributed by atoms with van der Waals surface area (Å²) in [6, 6.07) is 2.06. The van der Waals surface area contributed by atoms with Crippen molar-refractivity contribution in [3.8, 4) is 5.69 Å². The van der Waals surface area contributed by atoms with Gasteiger partial charge in [0.15, 0.2) is 0 Å². The smallest absolute Gasteiger partial charge is 0.323 e. The van der Waals surface area contributed by atoms with Crippen molar-refractivity contribution in [2.75, 3.05) is 23.4 Å². The second-order valence-electron chi connectivity index (χ2n) is 6.82. The number of hydrogen-bond acceptors (Lipinski definition) is 6. The Morgan fingerprint density at radius 2 is 2.13 bits per heavy atom. The quantitative estimate of drug-likeness (QED) is 0.700. The van der Waals surface area contributed by atoms with E-state index in [9.17, 15) is 27.6 Å². The number of carbonyl (C=O) groups excluding carboxylic acids is 3. The maximum Gasteiger partial charge on any atom is 0.416 e. The molecule has 1 atom stereocenters. The van der Waals surface area contributed by atoms with Crippen LogP contribution in [0, 0.1) is 0 Å². The van der Waals surface area contributed by atoms with Crippen LogP contribution >= 0.6 is 11.8 Å². The van der Waals surface area contributed by atoms with E-state index in [1.54, 1.807) is 0 Å². The molecule has 0 saturated carbocycles. The number of rotatable bonds is 4. The molecule has 158 valence electrons. The van der Waals surface area contributed by atoms with Crippen molar-refractivity contribution in [2.24, 2.45) is 0 Å². The highest BCUT2D eigenvalue weighted by Crippen LogP contribution is 2.34. The number of thioether (sulfide) groups is 1. The molecule has 0 bridgehead atoms. The number of amides is 4. The zero-order chi connectivity index (χ0) is 21.5. The Morgan fingerprint density at radius 1 is 1.33 bits per heavy atom. The van der Waals surface area contributed by atoms with Gasteiger partial charge in [0.1, 0.15) is 24.7 Å². The van der Waals surface area contributed by atoms with Crippen LogP contribution < -0.4 is 10.6 Å². The lowest BCUT2D eigenvalue weighted by Crippen LogP contribution is -2.47. The summed E-state index contributed by atoms with van der Waals surface area (Å²) in [5, 5.41) is 8.84. The van der Waals surface area contributed by atoms with E-state index in [-0.39, 0.29) is 11.4 Å². The molecule has 2 aromatic rings. The SMILES string of the molecule is O=C(CN1C(=O)NC2(CCSC2)C1=O)Nc1cc(C(F)(F)F)ccc1-n1cncn1. The van der Waals surface area contributed by atoms with Gasteiger partial charge in [-0.05, 0) is 30.4 Å². The average Bonchev–Trinajstić information content (AvgIpc) is 3.41. The molecule has 2 fully saturated rings. The van der Waals surface area contributed by atoms with Gasteiger partial charge in [0.05, 0.1) is 16.9 Å². The predicted octanol–water partition coefficient (Wildman–Crippen LogP) is 1.65. The zero-order valence-corrected chi connectivity index (χ0v) is 16.1. The van der Waals surface area contributed by atoms with Crippen LogP contribution in [0.1, 0.15) is 12.0 Å². The lowest BCUT2D eigenvalue weighted by molar-refractivity contribution is -0.137. The first-order valence-corrected chi connectivity index (χ1v) is 9.93. The molecule has 2 aliphatic heterocycles. The zero-order valence-electron chi connectivity index (χ0n) is 15.3. The van der Waals surface area contributed by atoms with E-state index in [0.29, 0.717) is 17.9 Å². The first-order chi connectivity index (χ1) is 14.2. The number of imide groups is 1. The summed E-state index contributed by atoms with van der Waals surface area (Å²) in [7, 11) is 0. The highest BCUT2D eigenvalue weighted by molar-refractivity contribution is 7.99. The van der Waals surface area contributed by atoms with Gasteiger partial charge >= 0.3 is 12.2 Å². The van der Waals surface area contributed by atoms with Gasteiger partial charge in [-0.2, -0.15) is 30.0 Å². The van der Waals surface area contributed by atoms with Gasteiger partial charge < -0.3 is 10.6 Å². The Kier molecular flexibility index (Phi) is 4.92. The molecular formula is C17H15F3N6O3S. The fourth-order valence-corrected chi connectivity index (χ4v) is 4.66. The molecule has 1 spiro atoms. The molecule has 0 radical (unpaired) electrons. The number of carbonyl (C=O) groups is 3. The third kappa shape index (κ3) is 3.60. The third-order valence-corrected chi connectivity index (χ3v) is 6.02. The van der Waals surface area contributed by atoms with E-state index in [0.717, 1.165) is 23.1 Å². The Balaban J connectivity index is 1.57. The first-order valence-electron chi connectivity index (χ1n) is 8.78. The van der Waals surface area contributed by atoms with Crippen molar-refractivity contribution >= 4 is 35.3 Å². The maximum absolute atomic E-state index is 13.1. The van der Waals surface area contributed by atoms with Gasteiger partial charge in [-0.1, -0.05) is 0 Å². The predicted molar refractivity (Wildman–Crippen MR) is 99.9 cm³/mol. The molecule has 0 aliphatic carbocycles. The maximum atomic E-state index is 13.1. The third-order valence-electron chi connectivity index (χ3n) is 4.83. The monoisotopic (exact) mass is 440 g/mol. The van der Waals surface area contributed by atoms with Crippen LogP contribution in [0.25, 0.3) is 5.69 Å². The van der Waals surface area contributed by atoms with Gasteiger partial charge in [0, 0.05) is 5.75 Å². The Hall–Kier alpha value is -3.09. The fourth-order valence-electron chi connectivity index (χ4n) is 3.33. The van der Waals surface area contributed by atoms with E-state index >= 15 is 0 Å². The topological polar surface area (TPSA) is 109 Å². The van der Waals surface area contributed by atoms with Crippen LogP contribution in [-0.2, 0) is 15.8 Å². The van der Waals surface area contributed by atoms with Gasteiger partial charge in [0.25, 0.3) is 5.91 Å². The summed E-state index contributed by atoms with van der Waals surface area (Å²) < 4.78 is 40.6. The van der Waals surface area contributed by atoms with Gasteiger partial charge in [-0.3, -0.25) is 14.5 Å². The minimum Gasteiger partial charge on any atom is -0.323 e. The Bertz CT molecular complexity index is 1000. The summed E-state index contributed by atoms with van der Waals surface area (Å²) in [4.78, 5) is 41.9. The standard InChI is InChI=1S/C17H15F3N6O3S/c18-17(19,20)10-1-2-12(26-9-21-8-22-26)11(5-10)23-13(27)6-25-14(28)16(24-15(25)29)3-4-30-7-16/h1-2,5,8-9H,3-4,6-7H2,(H,23,27)(H,24,29). The average molecular weight is 440 g/mol. The molecule has 1 aromatic carbocycles. The number of urea groups is 1. The van der Waals surface area contributed by atoms with Crippen molar-refractivity contribution < 1.29 is 27.6 Å². The van der Waals surface area contributed by atoms with Crippen LogP contribution in [-0.4, -0.2) is 61.1 Å². The molecule has 1 unspecified atom stereocenters. The van der Waals surface area contributed by atoms with Gasteiger partial charge in [-0.25, -0.2) is 14.5 Å². The summed E-state index contributed by atoms with van der Waals surface area (Å²) in [6.07, 6.45) is -1.71. The Labute approximate surface area is 172 Å². The van der Waals surface area contributed by atoms with Crippen LogP contribution in [0.5, 0.6) is 0 Å². The van der Waals surface area contributed by atoms with E-state index in [1.165, 1.54) is 29.1 Å². The van der Waals surface area contributed by atoms with Crippen LogP contribution in [0.4, 0.5) is 23.7 Å². The van der Waals surface area contributed by atoms with Crippen molar-refractivity contribution in [1.82, 2.24) is 25.0 Å². The highest BCUT2D eigenvalue weighted by atomic mass is 32.2. The summed E-state index contributed by atoms with van der Waals surface area (Å²) >= 11 is 1.52. The number of hydrogen-bond donors (Lipinski definition) is 2. The molecule has 4 rings (SSSR count). The van der Waals surface area contributed by atoms with Crippen LogP contribution in [0.2, 0.25) is 0 Å². The van der Waals surface area contributed by atoms with Crippen molar-refractivity contribution in [2.45, 2.75) is 18.1 Å². The lowest BCUT2D eigenvalue weighted by atomic mass is 9.99. The lowest BCUT2D eigenvalue weighted by Gasteiger charge is -2.19. The minimum absolute atomic E-state index is 0.148. The second-order valence-corrected chi connectivity index (χ2v) is 7.93. The Morgan fingerprint density at radius 3 is 2.77 bits per heavy atom. The van der Waals surface area contributed by atoms with Crippen molar-refractivity contribution in [3.63, 3.8) is 0 Å². The molecule has 13 heteroatoms. The highest BCUT2D eigenvalue weighted by Gasteiger charge is 2.53. The molecule has 9 nitrogen and oxygen atoms in total. The molecular weight excluding hydrogens is 425 g/mol. The summed E-state index contributed by atoms with van der Waals surface area (Å²) in [5.41, 5.74) is -2.02. The molecule has 2 saturated heterocycles. The normalized spacial score (nSPS) is 21.4. The number of nitrogens with one attached hydrogen (secondary N) is 2. The van der Waals surface area contributed by atoms with E-state index in [1.807, 2.05) is 0 Å². The fraction of sp³-hybridized carbons (Fsp3) is 0.353. The van der Waals surface area contributed by atoms with Gasteiger partial charge in [0.2, 0.25) is 5.91 Å². The number of alkyl halides is 3. The number of halogens is 3. The largest absolute Gasteiger partial charge is 0.416 e. The molecule has 1 aromatic heterocycles. The minimum atomic E-state index is -4.63. The molecule has 3 heterocycles. The molecule has 2 N–H and O–H groups in total. The van der Waals surface area contributed by atoms with Crippen molar-refractivity contribution in [3.05, 3.63) is 36.4 Å². The molecule has 2 aliphatic rings. The molecule has 30 heavy (non-hydrogen) atoms. The number of benzene rings is 1. The van der Waals surface area contributed by atoms with E-state index in [2.05, 4.69) is 20.7 Å². The number of anilines is 1. The summed E-state index contributed by atoms with van der Waals surface area (Å²) in [5.74, 6) is -0.202. The van der Waals surface area contributed by atoms with Gasteiger partial charge in [-0.15, -0.1) is 0 Å². The van der Waals surface area contributed by atoms with Crippen LogP contribution in [0.3, 0.4) is 0 Å². The van der Waals surface area contributed by atoms with E-state index < -0.39 is 41.7 Å². The molecule has 4 amide bonds. The van der Waals surface area contributed by atoms with E-state index in [4.69, 9.17) is 0 Å². The van der Waals surface area contributed by atoms with Crippen molar-refractivity contribution in [1.29, 1.82) is 0 Å². The first kappa shape index (κ1) is 20.2. The van der Waals surface area contributed by atoms with Crippen LogP contribution in [0.15, 0.2) is 30.9 Å². The number of nitrogens with zero attached hydrogens (tertiary/aromatic N) is 4. The second kappa shape index (κ2) is 7.31.